The van der Waals surface area contributed by atoms with Crippen molar-refractivity contribution in [1.82, 2.24) is 14.6 Å². The van der Waals surface area contributed by atoms with Crippen molar-refractivity contribution in [2.75, 3.05) is 49.7 Å². The molecule has 20 heteroatoms. The summed E-state index contributed by atoms with van der Waals surface area (Å²) in [4.78, 5) is 22.0. The van der Waals surface area contributed by atoms with E-state index in [0.29, 0.717) is 28.0 Å². The minimum Gasteiger partial charge on any atom is -0.465 e. The predicted octanol–water partition coefficient (Wildman–Crippen LogP) is 4.37. The number of hydrogen-bond acceptors (Lipinski definition) is 16. The Bertz CT molecular complexity index is 1830. The van der Waals surface area contributed by atoms with Crippen LogP contribution in [0.25, 0.3) is 10.5 Å². The van der Waals surface area contributed by atoms with Gasteiger partial charge in [-0.15, -0.1) is 4.99 Å². The largest absolute Gasteiger partial charge is 0.465 e. The van der Waals surface area contributed by atoms with Crippen LogP contribution in [0.4, 0.5) is 22.7 Å². The number of H-pyrrole nitrogens is 1. The lowest BCUT2D eigenvalue weighted by Crippen LogP contribution is -2.25. The van der Waals surface area contributed by atoms with Gasteiger partial charge in [-0.2, -0.15) is 14.6 Å². The van der Waals surface area contributed by atoms with Crippen molar-refractivity contribution in [2.45, 2.75) is 37.1 Å². The molecule has 4 aromatic rings. The third-order valence-electron chi connectivity index (χ3n) is 6.71. The second-order valence-electron chi connectivity index (χ2n) is 9.62. The molecule has 5 rings (SSSR count). The molecule has 0 bridgehead atoms. The molecule has 3 heterocycles. The number of methoxy groups -OCH3 is 1. The Morgan fingerprint density at radius 1 is 1.31 bits per heavy atom. The summed E-state index contributed by atoms with van der Waals surface area (Å²) in [7, 11) is 1.26. The number of esters is 1. The molecule has 2 aromatic heterocycles. The van der Waals surface area contributed by atoms with Crippen LogP contribution in [0.3, 0.4) is 0 Å². The lowest BCUT2D eigenvalue weighted by atomic mass is 10.1. The molecule has 1 saturated heterocycles. The average molecular weight is 719 g/mol. The Kier molecular flexibility index (Phi) is 15.2. The Morgan fingerprint density at radius 2 is 2.04 bits per heavy atom. The molecular formula is C29H34N8O10S2. The van der Waals surface area contributed by atoms with Gasteiger partial charge in [-0.05, 0) is 74.2 Å². The van der Waals surface area contributed by atoms with Gasteiger partial charge in [0.05, 0.1) is 42.6 Å². The zero-order valence-corrected chi connectivity index (χ0v) is 28.4. The van der Waals surface area contributed by atoms with E-state index in [2.05, 4.69) is 61.8 Å². The van der Waals surface area contributed by atoms with Crippen molar-refractivity contribution in [1.29, 1.82) is 5.26 Å². The van der Waals surface area contributed by atoms with Gasteiger partial charge in [0.15, 0.2) is 0 Å². The zero-order chi connectivity index (χ0) is 35.9. The molecule has 0 spiro atoms. The Hall–Kier alpha value is -4.74. The molecule has 1 aliphatic heterocycles. The quantitative estimate of drug-likeness (QED) is 0.0260. The fraction of sp³-hybridized carbons (Fsp3) is 0.310. The lowest BCUT2D eigenvalue weighted by molar-refractivity contribution is -0.469. The van der Waals surface area contributed by atoms with Gasteiger partial charge in [0.1, 0.15) is 23.8 Å². The second-order valence-corrected chi connectivity index (χ2v) is 11.3. The van der Waals surface area contributed by atoms with Crippen molar-refractivity contribution in [3.05, 3.63) is 70.3 Å². The maximum Gasteiger partial charge on any atom is 0.367 e. The highest BCUT2D eigenvalue weighted by molar-refractivity contribution is 7.99. The SMILES string of the molecule is CCN(CCCOCO)c1ccc(N)c(C)c1.O=S1OOO1.[C-]#[N+]c1c(C#N)c2[nH]nc(C)n2c1Sc1ccc(C(=O)OC)cc1NOO. The number of anilines is 3. The monoisotopic (exact) mass is 718 g/mol. The Labute approximate surface area is 287 Å². The fourth-order valence-electron chi connectivity index (χ4n) is 4.34. The number of hydrogen-bond donors (Lipinski definition) is 5. The molecule has 0 saturated carbocycles. The number of nitrogens with two attached hydrogens (primary N) is 1. The van der Waals surface area contributed by atoms with Crippen LogP contribution in [0.1, 0.15) is 40.7 Å². The Balaban J connectivity index is 0.000000250. The van der Waals surface area contributed by atoms with Gasteiger partial charge in [-0.3, -0.25) is 9.50 Å². The van der Waals surface area contributed by atoms with Crippen LogP contribution < -0.4 is 16.1 Å². The number of aromatic nitrogens is 3. The molecule has 6 N–H and O–H groups in total. The summed E-state index contributed by atoms with van der Waals surface area (Å²) in [6, 6.07) is 12.7. The first-order chi connectivity index (χ1) is 23.6. The minimum atomic E-state index is -1.61. The molecule has 262 valence electrons. The van der Waals surface area contributed by atoms with E-state index in [1.165, 1.54) is 24.9 Å². The van der Waals surface area contributed by atoms with E-state index >= 15 is 0 Å². The summed E-state index contributed by atoms with van der Waals surface area (Å²) < 4.78 is 28.1. The van der Waals surface area contributed by atoms with Gasteiger partial charge in [0.25, 0.3) is 0 Å². The number of nitriles is 1. The summed E-state index contributed by atoms with van der Waals surface area (Å²) in [5.41, 5.74) is 12.5. The topological polar surface area (TPSA) is 233 Å². The maximum atomic E-state index is 11.7. The van der Waals surface area contributed by atoms with Crippen molar-refractivity contribution < 1.29 is 47.5 Å². The highest BCUT2D eigenvalue weighted by Crippen LogP contribution is 2.43. The number of nitrogen functional groups attached to an aromatic ring is 1. The van der Waals surface area contributed by atoms with Crippen molar-refractivity contribution in [3.63, 3.8) is 0 Å². The number of carbonyl (C=O) groups is 1. The molecule has 0 aliphatic carbocycles. The van der Waals surface area contributed by atoms with Crippen molar-refractivity contribution >= 4 is 57.5 Å². The Morgan fingerprint density at radius 3 is 2.59 bits per heavy atom. The normalized spacial score (nSPS) is 12.0. The number of nitrogens with zero attached hydrogens (tertiary/aromatic N) is 5. The van der Waals surface area contributed by atoms with E-state index < -0.39 is 17.3 Å². The van der Waals surface area contributed by atoms with Gasteiger partial charge >= 0.3 is 17.3 Å². The number of ether oxygens (including phenoxy) is 2. The van der Waals surface area contributed by atoms with E-state index in [9.17, 15) is 14.3 Å². The van der Waals surface area contributed by atoms with E-state index in [4.69, 9.17) is 27.4 Å². The predicted molar refractivity (Wildman–Crippen MR) is 177 cm³/mol. The highest BCUT2D eigenvalue weighted by atomic mass is 32.2. The average Bonchev–Trinajstić information content (AvgIpc) is 3.62. The standard InChI is InChI=1S/C16H12N6O4S.C13H22N2O2.O4S/c1-8-19-20-14-10(7-17)13(18-2)15(22(8)14)27-12-5-4-9(16(23)25-3)6-11(12)21-26-24;1-3-15(7-4-8-17-10-16)12-5-6-13(14)11(2)9-12;1-5-3-2-4-5/h4-6,20-21,24H,1,3H3;5-6,9,16H,3-4,7-8,10,14H2,1-2H3;. The number of aryl methyl sites for hydroxylation is 2. The highest BCUT2D eigenvalue weighted by Gasteiger charge is 2.24. The third-order valence-corrected chi connectivity index (χ3v) is 8.19. The minimum absolute atomic E-state index is 0.173. The van der Waals surface area contributed by atoms with Crippen LogP contribution in [0, 0.1) is 31.8 Å². The van der Waals surface area contributed by atoms with Crippen molar-refractivity contribution in [3.8, 4) is 6.07 Å². The molecular weight excluding hydrogens is 684 g/mol. The first-order valence-corrected chi connectivity index (χ1v) is 16.0. The van der Waals surface area contributed by atoms with E-state index in [-0.39, 0.29) is 29.3 Å². The molecule has 0 radical (unpaired) electrons. The number of nitrogens with one attached hydrogen (secondary N) is 2. The van der Waals surface area contributed by atoms with Gasteiger partial charge in [0, 0.05) is 29.4 Å². The molecule has 0 unspecified atom stereocenters. The number of benzene rings is 2. The van der Waals surface area contributed by atoms with Crippen LogP contribution in [0.5, 0.6) is 0 Å². The summed E-state index contributed by atoms with van der Waals surface area (Å²) in [5.74, 6) is 0.00917. The van der Waals surface area contributed by atoms with Crippen LogP contribution in [0.15, 0.2) is 46.3 Å². The summed E-state index contributed by atoms with van der Waals surface area (Å²) >= 11 is -0.464. The maximum absolute atomic E-state index is 11.7. The van der Waals surface area contributed by atoms with E-state index in [0.717, 1.165) is 42.5 Å². The van der Waals surface area contributed by atoms with Crippen molar-refractivity contribution in [2.24, 2.45) is 0 Å². The van der Waals surface area contributed by atoms with Crippen LogP contribution in [0.2, 0.25) is 0 Å². The number of rotatable bonds is 12. The summed E-state index contributed by atoms with van der Waals surface area (Å²) in [6.45, 7) is 15.6. The fourth-order valence-corrected chi connectivity index (χ4v) is 5.55. The molecule has 18 nitrogen and oxygen atoms in total. The van der Waals surface area contributed by atoms with E-state index in [1.54, 1.807) is 17.4 Å². The molecule has 0 atom stereocenters. The number of carbonyl (C=O) groups excluding carboxylic acids is 1. The first kappa shape index (κ1) is 38.7. The summed E-state index contributed by atoms with van der Waals surface area (Å²) in [6.07, 6.45) is 0.901. The first-order valence-electron chi connectivity index (χ1n) is 14.2. The lowest BCUT2D eigenvalue weighted by Gasteiger charge is -2.23. The van der Waals surface area contributed by atoms with Gasteiger partial charge in [0.2, 0.25) is 5.69 Å². The number of aromatic amines is 1. The number of aliphatic hydroxyl groups excluding tert-OH is 1. The van der Waals surface area contributed by atoms with Crippen LogP contribution in [-0.4, -0.2) is 68.7 Å². The molecule has 49 heavy (non-hydrogen) atoms. The van der Waals surface area contributed by atoms with Crippen LogP contribution >= 0.6 is 11.8 Å². The van der Waals surface area contributed by atoms with Gasteiger partial charge in [-0.1, -0.05) is 20.4 Å². The molecule has 1 aliphatic rings. The zero-order valence-electron chi connectivity index (χ0n) is 26.8. The number of fused-ring (bicyclic) bond motifs is 1. The van der Waals surface area contributed by atoms with E-state index in [1.807, 2.05) is 25.1 Å². The number of aliphatic hydroxyl groups is 1. The molecule has 2 aromatic carbocycles. The second kappa shape index (κ2) is 19.3. The smallest absolute Gasteiger partial charge is 0.367 e. The van der Waals surface area contributed by atoms with Gasteiger partial charge < -0.3 is 25.2 Å². The molecule has 0 amide bonds. The summed E-state index contributed by atoms with van der Waals surface area (Å²) in [5, 5.41) is 37.5. The molecule has 1 fully saturated rings. The third kappa shape index (κ3) is 10.1. The van der Waals surface area contributed by atoms with Crippen LogP contribution in [-0.2, 0) is 39.5 Å². The van der Waals surface area contributed by atoms with Gasteiger partial charge in [-0.25, -0.2) is 20.4 Å².